The molecule has 20 heavy (non-hydrogen) atoms. The second kappa shape index (κ2) is 5.79. The lowest BCUT2D eigenvalue weighted by atomic mass is 10.0. The zero-order valence-corrected chi connectivity index (χ0v) is 12.6. The predicted molar refractivity (Wildman–Crippen MR) is 77.5 cm³/mol. The molecule has 1 aliphatic heterocycles. The monoisotopic (exact) mass is 277 g/mol. The number of nitrogens with one attached hydrogen (secondary N) is 1. The molecule has 1 saturated heterocycles. The number of amides is 1. The number of carbonyl (C=O) groups excluding carboxylic acids is 1. The zero-order valence-electron chi connectivity index (χ0n) is 12.6. The summed E-state index contributed by atoms with van der Waals surface area (Å²) in [7, 11) is 0. The quantitative estimate of drug-likeness (QED) is 0.855. The first-order chi connectivity index (χ1) is 9.37. The van der Waals surface area contributed by atoms with Crippen LogP contribution in [0.25, 0.3) is 0 Å². The molecule has 1 aromatic rings. The molecule has 2 rings (SSSR count). The van der Waals surface area contributed by atoms with Crippen LogP contribution in [0, 0.1) is 6.92 Å². The van der Waals surface area contributed by atoms with Crippen LogP contribution in [0.1, 0.15) is 37.9 Å². The van der Waals surface area contributed by atoms with E-state index < -0.39 is 5.60 Å². The molecule has 1 aliphatic rings. The fourth-order valence-electron chi connectivity index (χ4n) is 2.33. The average Bonchev–Trinajstić information content (AvgIpc) is 2.37. The molecule has 0 radical (unpaired) electrons. The maximum Gasteiger partial charge on any atom is 0.410 e. The van der Waals surface area contributed by atoms with Crippen molar-refractivity contribution in [2.75, 3.05) is 19.6 Å². The van der Waals surface area contributed by atoms with Crippen molar-refractivity contribution in [1.82, 2.24) is 15.2 Å². The van der Waals surface area contributed by atoms with Crippen LogP contribution in [0.3, 0.4) is 0 Å². The van der Waals surface area contributed by atoms with Crippen LogP contribution in [0.2, 0.25) is 0 Å². The maximum absolute atomic E-state index is 12.1. The third kappa shape index (κ3) is 3.70. The van der Waals surface area contributed by atoms with E-state index in [4.69, 9.17) is 4.74 Å². The molecule has 1 unspecified atom stereocenters. The summed E-state index contributed by atoms with van der Waals surface area (Å²) in [5.74, 6) is 0. The molecule has 0 saturated carbocycles. The van der Waals surface area contributed by atoms with E-state index in [9.17, 15) is 4.79 Å². The summed E-state index contributed by atoms with van der Waals surface area (Å²) >= 11 is 0. The van der Waals surface area contributed by atoms with Crippen LogP contribution in [-0.4, -0.2) is 41.2 Å². The van der Waals surface area contributed by atoms with Gasteiger partial charge in [-0.3, -0.25) is 4.98 Å². The third-order valence-corrected chi connectivity index (χ3v) is 3.27. The summed E-state index contributed by atoms with van der Waals surface area (Å²) < 4.78 is 5.44. The molecular formula is C15H23N3O2. The van der Waals surface area contributed by atoms with E-state index in [-0.39, 0.29) is 12.1 Å². The number of ether oxygens (including phenoxy) is 1. The Bertz CT molecular complexity index is 482. The van der Waals surface area contributed by atoms with Gasteiger partial charge in [-0.25, -0.2) is 4.79 Å². The standard InChI is InChI=1S/C15H23N3O2/c1-11-9-16-6-5-12(11)13-10-18(8-7-17-13)14(19)20-15(2,3)4/h5-6,9,13,17H,7-8,10H2,1-4H3. The van der Waals surface area contributed by atoms with E-state index in [0.29, 0.717) is 13.1 Å². The van der Waals surface area contributed by atoms with Crippen LogP contribution in [-0.2, 0) is 4.74 Å². The lowest BCUT2D eigenvalue weighted by molar-refractivity contribution is 0.0195. The molecule has 1 atom stereocenters. The molecule has 1 amide bonds. The number of rotatable bonds is 1. The van der Waals surface area contributed by atoms with Crippen molar-refractivity contribution in [2.45, 2.75) is 39.3 Å². The van der Waals surface area contributed by atoms with E-state index in [1.165, 1.54) is 5.56 Å². The number of nitrogens with zero attached hydrogens (tertiary/aromatic N) is 2. The van der Waals surface area contributed by atoms with Gasteiger partial charge in [-0.1, -0.05) is 0 Å². The van der Waals surface area contributed by atoms with Gasteiger partial charge < -0.3 is 15.0 Å². The normalized spacial score (nSPS) is 19.8. The van der Waals surface area contributed by atoms with E-state index in [1.54, 1.807) is 11.1 Å². The second-order valence-electron chi connectivity index (χ2n) is 6.17. The van der Waals surface area contributed by atoms with Gasteiger partial charge in [0.15, 0.2) is 0 Å². The van der Waals surface area contributed by atoms with Crippen molar-refractivity contribution in [2.24, 2.45) is 0 Å². The molecule has 0 aromatic carbocycles. The van der Waals surface area contributed by atoms with Gasteiger partial charge in [0.2, 0.25) is 0 Å². The largest absolute Gasteiger partial charge is 0.444 e. The summed E-state index contributed by atoms with van der Waals surface area (Å²) in [6.45, 7) is 9.77. The van der Waals surface area contributed by atoms with E-state index >= 15 is 0 Å². The van der Waals surface area contributed by atoms with Crippen molar-refractivity contribution < 1.29 is 9.53 Å². The summed E-state index contributed by atoms with van der Waals surface area (Å²) in [5, 5.41) is 3.45. The molecule has 0 aliphatic carbocycles. The zero-order chi connectivity index (χ0) is 14.8. The molecular weight excluding hydrogens is 254 g/mol. The Morgan fingerprint density at radius 2 is 2.25 bits per heavy atom. The maximum atomic E-state index is 12.1. The number of pyridine rings is 1. The van der Waals surface area contributed by atoms with Gasteiger partial charge in [-0.2, -0.15) is 0 Å². The topological polar surface area (TPSA) is 54.5 Å². The van der Waals surface area contributed by atoms with Crippen molar-refractivity contribution in [3.05, 3.63) is 29.6 Å². The van der Waals surface area contributed by atoms with Crippen molar-refractivity contribution in [3.63, 3.8) is 0 Å². The first kappa shape index (κ1) is 14.8. The number of hydrogen-bond acceptors (Lipinski definition) is 4. The number of carbonyl (C=O) groups is 1. The summed E-state index contributed by atoms with van der Waals surface area (Å²) in [6, 6.07) is 2.14. The fourth-order valence-corrected chi connectivity index (χ4v) is 2.33. The van der Waals surface area contributed by atoms with Crippen LogP contribution < -0.4 is 5.32 Å². The molecule has 5 heteroatoms. The van der Waals surface area contributed by atoms with Crippen LogP contribution in [0.15, 0.2) is 18.5 Å². The van der Waals surface area contributed by atoms with E-state index in [1.807, 2.05) is 40.0 Å². The molecule has 1 fully saturated rings. The SMILES string of the molecule is Cc1cnccc1C1CN(C(=O)OC(C)(C)C)CCN1. The highest BCUT2D eigenvalue weighted by molar-refractivity contribution is 5.68. The van der Waals surface area contributed by atoms with Gasteiger partial charge in [-0.15, -0.1) is 0 Å². The molecule has 1 N–H and O–H groups in total. The minimum Gasteiger partial charge on any atom is -0.444 e. The molecule has 0 bridgehead atoms. The summed E-state index contributed by atoms with van der Waals surface area (Å²) in [4.78, 5) is 18.0. The average molecular weight is 277 g/mol. The van der Waals surface area contributed by atoms with Gasteiger partial charge in [0.25, 0.3) is 0 Å². The Hall–Kier alpha value is -1.62. The van der Waals surface area contributed by atoms with Gasteiger partial charge in [0, 0.05) is 32.0 Å². The van der Waals surface area contributed by atoms with Crippen molar-refractivity contribution in [3.8, 4) is 0 Å². The van der Waals surface area contributed by atoms with Crippen LogP contribution >= 0.6 is 0 Å². The van der Waals surface area contributed by atoms with Crippen LogP contribution in [0.5, 0.6) is 0 Å². The molecule has 5 nitrogen and oxygen atoms in total. The Balaban J connectivity index is 2.06. The Morgan fingerprint density at radius 1 is 1.50 bits per heavy atom. The van der Waals surface area contributed by atoms with Crippen molar-refractivity contribution in [1.29, 1.82) is 0 Å². The van der Waals surface area contributed by atoms with Gasteiger partial charge in [0.05, 0.1) is 6.04 Å². The smallest absolute Gasteiger partial charge is 0.410 e. The molecule has 2 heterocycles. The molecule has 1 aromatic heterocycles. The van der Waals surface area contributed by atoms with E-state index in [2.05, 4.69) is 10.3 Å². The van der Waals surface area contributed by atoms with Gasteiger partial charge in [-0.05, 0) is 44.9 Å². The highest BCUT2D eigenvalue weighted by atomic mass is 16.6. The fraction of sp³-hybridized carbons (Fsp3) is 0.600. The second-order valence-corrected chi connectivity index (χ2v) is 6.17. The summed E-state index contributed by atoms with van der Waals surface area (Å²) in [6.07, 6.45) is 3.40. The van der Waals surface area contributed by atoms with Gasteiger partial charge >= 0.3 is 6.09 Å². The van der Waals surface area contributed by atoms with Gasteiger partial charge in [0.1, 0.15) is 5.60 Å². The minimum atomic E-state index is -0.454. The number of hydrogen-bond donors (Lipinski definition) is 1. The Kier molecular flexibility index (Phi) is 4.28. The Morgan fingerprint density at radius 3 is 2.90 bits per heavy atom. The highest BCUT2D eigenvalue weighted by Gasteiger charge is 2.28. The van der Waals surface area contributed by atoms with Crippen molar-refractivity contribution >= 4 is 6.09 Å². The number of aryl methyl sites for hydroxylation is 1. The molecule has 110 valence electrons. The number of aromatic nitrogens is 1. The number of piperazine rings is 1. The molecule has 0 spiro atoms. The summed E-state index contributed by atoms with van der Waals surface area (Å²) in [5.41, 5.74) is 1.87. The lowest BCUT2D eigenvalue weighted by Crippen LogP contribution is -2.49. The lowest BCUT2D eigenvalue weighted by Gasteiger charge is -2.35. The third-order valence-electron chi connectivity index (χ3n) is 3.27. The Labute approximate surface area is 120 Å². The van der Waals surface area contributed by atoms with Crippen LogP contribution in [0.4, 0.5) is 4.79 Å². The van der Waals surface area contributed by atoms with E-state index in [0.717, 1.165) is 12.1 Å². The first-order valence-corrected chi connectivity index (χ1v) is 6.98. The minimum absolute atomic E-state index is 0.138. The predicted octanol–water partition coefficient (Wildman–Crippen LogP) is 2.27. The highest BCUT2D eigenvalue weighted by Crippen LogP contribution is 2.21. The first-order valence-electron chi connectivity index (χ1n) is 6.98.